The first-order valence-corrected chi connectivity index (χ1v) is 15.3. The number of ether oxygens (including phenoxy) is 2. The Morgan fingerprint density at radius 3 is 2.84 bits per heavy atom. The number of hydrogen-bond acceptors (Lipinski definition) is 9. The summed E-state index contributed by atoms with van der Waals surface area (Å²) in [5.74, 6) is -0.773. The van der Waals surface area contributed by atoms with Gasteiger partial charge < -0.3 is 14.6 Å². The van der Waals surface area contributed by atoms with Crippen LogP contribution in [0.2, 0.25) is 0 Å². The summed E-state index contributed by atoms with van der Waals surface area (Å²) in [6.45, 7) is 5.90. The predicted octanol–water partition coefficient (Wildman–Crippen LogP) is 6.48. The number of thioether (sulfide) groups is 1. The van der Waals surface area contributed by atoms with Gasteiger partial charge in [0.05, 0.1) is 11.6 Å². The molecule has 0 radical (unpaired) electrons. The van der Waals surface area contributed by atoms with Crippen LogP contribution in [0.25, 0.3) is 5.76 Å². The topological polar surface area (TPSA) is 102 Å². The van der Waals surface area contributed by atoms with Gasteiger partial charge in [-0.05, 0) is 60.0 Å². The molecular weight excluding hydrogens is 590 g/mol. The molecule has 0 bridgehead atoms. The molecule has 2 unspecified atom stereocenters. The van der Waals surface area contributed by atoms with Crippen molar-refractivity contribution < 1.29 is 28.6 Å². The van der Waals surface area contributed by atoms with Crippen LogP contribution < -0.4 is 14.4 Å². The molecule has 2 atom stereocenters. The Bertz CT molecular complexity index is 1770. The lowest BCUT2D eigenvalue weighted by Crippen LogP contribution is -2.29. The molecule has 0 spiro atoms. The lowest BCUT2D eigenvalue weighted by atomic mass is 9.94. The molecule has 1 aromatic heterocycles. The number of carbonyl (C=O) groups excluding carboxylic acids is 2. The zero-order chi connectivity index (χ0) is 30.1. The highest BCUT2D eigenvalue weighted by Gasteiger charge is 2.48. The number of rotatable bonds is 9. The summed E-state index contributed by atoms with van der Waals surface area (Å²) in [7, 11) is 0. The van der Waals surface area contributed by atoms with Gasteiger partial charge in [-0.3, -0.25) is 14.5 Å². The Morgan fingerprint density at radius 1 is 1.19 bits per heavy atom. The van der Waals surface area contributed by atoms with E-state index in [9.17, 15) is 19.1 Å². The van der Waals surface area contributed by atoms with Crippen LogP contribution in [0.5, 0.6) is 11.5 Å². The van der Waals surface area contributed by atoms with Crippen LogP contribution in [0.1, 0.15) is 35.2 Å². The molecule has 1 fully saturated rings. The first-order valence-electron chi connectivity index (χ1n) is 13.5. The largest absolute Gasteiger partial charge is 0.507 e. The van der Waals surface area contributed by atoms with Gasteiger partial charge in [0.15, 0.2) is 4.34 Å². The minimum absolute atomic E-state index is 0.000802. The van der Waals surface area contributed by atoms with E-state index in [1.54, 1.807) is 66.7 Å². The smallest absolute Gasteiger partial charge is 0.301 e. The quantitative estimate of drug-likeness (QED) is 0.0570. The van der Waals surface area contributed by atoms with Gasteiger partial charge in [0, 0.05) is 17.7 Å². The van der Waals surface area contributed by atoms with Crippen molar-refractivity contribution in [2.45, 2.75) is 35.6 Å². The van der Waals surface area contributed by atoms with Crippen LogP contribution in [-0.2, 0) is 21.8 Å². The number of hydrogen-bond donors (Lipinski definition) is 1. The number of aromatic nitrogens is 2. The number of Topliss-reactive ketones (excluding diaryl/α,β-unsaturated/α-hetero) is 1. The summed E-state index contributed by atoms with van der Waals surface area (Å²) in [6.07, 6.45) is 2.27. The van der Waals surface area contributed by atoms with Gasteiger partial charge in [-0.1, -0.05) is 66.1 Å². The fourth-order valence-electron chi connectivity index (χ4n) is 5.11. The number of ketones is 1. The normalized spacial score (nSPS) is 18.9. The number of aliphatic hydroxyl groups excluding tert-OH is 1. The number of halogens is 1. The third kappa shape index (κ3) is 5.65. The van der Waals surface area contributed by atoms with Gasteiger partial charge >= 0.3 is 5.91 Å². The molecule has 6 rings (SSSR count). The molecule has 1 saturated heterocycles. The highest BCUT2D eigenvalue weighted by molar-refractivity contribution is 8.00. The number of carbonyl (C=O) groups is 2. The molecule has 4 aromatic rings. The molecule has 1 amide bonds. The van der Waals surface area contributed by atoms with Crippen molar-refractivity contribution in [2.24, 2.45) is 0 Å². The van der Waals surface area contributed by atoms with Crippen molar-refractivity contribution in [3.05, 3.63) is 113 Å². The van der Waals surface area contributed by atoms with E-state index in [1.807, 2.05) is 6.92 Å². The van der Waals surface area contributed by atoms with E-state index in [1.165, 1.54) is 22.7 Å². The average Bonchev–Trinajstić information content (AvgIpc) is 3.70. The Hall–Kier alpha value is -4.48. The average molecular weight is 616 g/mol. The van der Waals surface area contributed by atoms with E-state index in [-0.39, 0.29) is 35.0 Å². The molecule has 1 N–H and O–H groups in total. The number of aliphatic hydroxyl groups is 1. The molecule has 0 saturated carbocycles. The fraction of sp³-hybridized carbons (Fsp3) is 0.188. The van der Waals surface area contributed by atoms with Crippen molar-refractivity contribution in [2.75, 3.05) is 11.5 Å². The fourth-order valence-corrected chi connectivity index (χ4v) is 6.97. The van der Waals surface area contributed by atoms with Crippen molar-refractivity contribution >= 4 is 45.7 Å². The van der Waals surface area contributed by atoms with E-state index in [0.717, 1.165) is 22.6 Å². The maximum atomic E-state index is 14.1. The van der Waals surface area contributed by atoms with Crippen molar-refractivity contribution in [1.82, 2.24) is 10.2 Å². The minimum atomic E-state index is -1.01. The van der Waals surface area contributed by atoms with Crippen LogP contribution in [0, 0.1) is 5.82 Å². The Balaban J connectivity index is 1.40. The maximum Gasteiger partial charge on any atom is 0.301 e. The van der Waals surface area contributed by atoms with Crippen LogP contribution in [0.15, 0.2) is 89.3 Å². The highest BCUT2D eigenvalue weighted by atomic mass is 32.2. The zero-order valence-corrected chi connectivity index (χ0v) is 24.7. The monoisotopic (exact) mass is 615 g/mol. The predicted molar refractivity (Wildman–Crippen MR) is 163 cm³/mol. The van der Waals surface area contributed by atoms with E-state index in [4.69, 9.17) is 9.47 Å². The second-order valence-corrected chi connectivity index (χ2v) is 12.2. The van der Waals surface area contributed by atoms with Crippen LogP contribution in [0.3, 0.4) is 0 Å². The second-order valence-electron chi connectivity index (χ2n) is 10.0. The first-order chi connectivity index (χ1) is 20.8. The summed E-state index contributed by atoms with van der Waals surface area (Å²) in [6, 6.07) is 17.6. The second kappa shape index (κ2) is 12.0. The van der Waals surface area contributed by atoms with E-state index in [0.29, 0.717) is 39.0 Å². The molecule has 3 heterocycles. The summed E-state index contributed by atoms with van der Waals surface area (Å²) >= 11 is 2.38. The molecular formula is C32H26FN3O5S2. The zero-order valence-electron chi connectivity index (χ0n) is 23.0. The van der Waals surface area contributed by atoms with Crippen molar-refractivity contribution in [3.63, 3.8) is 0 Å². The third-order valence-corrected chi connectivity index (χ3v) is 9.17. The minimum Gasteiger partial charge on any atom is -0.507 e. The molecule has 218 valence electrons. The lowest BCUT2D eigenvalue weighted by Gasteiger charge is -2.23. The summed E-state index contributed by atoms with van der Waals surface area (Å²) in [4.78, 5) is 28.5. The van der Waals surface area contributed by atoms with Gasteiger partial charge in [-0.2, -0.15) is 0 Å². The SMILES string of the molecule is C=CCOc1cccc(C2C(=C(O)c3ccc4c(c3)CC(C)O4)C(=O)C(=O)N2c2nnc(SCc3ccccc3F)s2)c1. The van der Waals surface area contributed by atoms with Crippen LogP contribution in [0.4, 0.5) is 9.52 Å². The van der Waals surface area contributed by atoms with E-state index < -0.39 is 17.7 Å². The van der Waals surface area contributed by atoms with Crippen molar-refractivity contribution in [1.29, 1.82) is 0 Å². The Labute approximate surface area is 255 Å². The summed E-state index contributed by atoms with van der Waals surface area (Å²) in [5.41, 5.74) is 2.28. The lowest BCUT2D eigenvalue weighted by molar-refractivity contribution is -0.132. The molecule has 8 nitrogen and oxygen atoms in total. The van der Waals surface area contributed by atoms with E-state index >= 15 is 0 Å². The Morgan fingerprint density at radius 2 is 2.02 bits per heavy atom. The number of nitrogens with zero attached hydrogens (tertiary/aromatic N) is 3. The molecule has 43 heavy (non-hydrogen) atoms. The summed E-state index contributed by atoms with van der Waals surface area (Å²) < 4.78 is 26.2. The number of fused-ring (bicyclic) bond motifs is 1. The van der Waals surface area contributed by atoms with Crippen LogP contribution in [-0.4, -0.2) is 39.7 Å². The summed E-state index contributed by atoms with van der Waals surface area (Å²) in [5, 5.41) is 20.2. The van der Waals surface area contributed by atoms with Gasteiger partial charge in [0.25, 0.3) is 5.78 Å². The highest BCUT2D eigenvalue weighted by Crippen LogP contribution is 2.45. The molecule has 11 heteroatoms. The van der Waals surface area contributed by atoms with E-state index in [2.05, 4.69) is 16.8 Å². The van der Waals surface area contributed by atoms with Crippen molar-refractivity contribution in [3.8, 4) is 11.5 Å². The number of anilines is 1. The first kappa shape index (κ1) is 28.6. The van der Waals surface area contributed by atoms with Gasteiger partial charge in [-0.25, -0.2) is 4.39 Å². The molecule has 3 aromatic carbocycles. The third-order valence-electron chi connectivity index (χ3n) is 7.07. The standard InChI is InChI=1S/C32H26FN3O5S2/c1-3-13-40-23-9-6-8-19(16-23)27-26(28(37)20-11-12-25-22(15-20)14-18(2)41-25)29(38)30(39)36(27)31-34-35-32(43-31)42-17-21-7-4-5-10-24(21)33/h3-12,15-16,18,27,37H,1,13-14,17H2,2H3. The molecule has 2 aliphatic heterocycles. The number of benzene rings is 3. The Kier molecular flexibility index (Phi) is 8.00. The molecule has 0 aliphatic carbocycles. The van der Waals surface area contributed by atoms with Crippen LogP contribution >= 0.6 is 23.1 Å². The maximum absolute atomic E-state index is 14.1. The van der Waals surface area contributed by atoms with Gasteiger partial charge in [0.1, 0.15) is 35.8 Å². The van der Waals surface area contributed by atoms with Gasteiger partial charge in [-0.15, -0.1) is 10.2 Å². The molecule has 2 aliphatic rings. The van der Waals surface area contributed by atoms with Gasteiger partial charge in [0.2, 0.25) is 5.13 Å². The number of amides is 1.